The topological polar surface area (TPSA) is 89.5 Å². The van der Waals surface area contributed by atoms with Crippen molar-refractivity contribution in [3.05, 3.63) is 35.4 Å². The van der Waals surface area contributed by atoms with Crippen LogP contribution in [0, 0.1) is 0 Å². The van der Waals surface area contributed by atoms with Gasteiger partial charge in [-0.15, -0.1) is 0 Å². The molecule has 0 amide bonds. The van der Waals surface area contributed by atoms with E-state index in [2.05, 4.69) is 0 Å². The fourth-order valence-electron chi connectivity index (χ4n) is 2.80. The van der Waals surface area contributed by atoms with Crippen LogP contribution in [0.15, 0.2) is 24.3 Å². The Hall–Kier alpha value is -3.42. The Balaban J connectivity index is 2.91. The number of hydrogen-bond donors (Lipinski definition) is 0. The first-order valence-electron chi connectivity index (χ1n) is 8.14. The average Bonchev–Trinajstić information content (AvgIpc) is 2.75. The summed E-state index contributed by atoms with van der Waals surface area (Å²) in [6.07, 6.45) is 0. The van der Waals surface area contributed by atoms with Crippen molar-refractivity contribution in [2.24, 2.45) is 0 Å². The van der Waals surface area contributed by atoms with Crippen molar-refractivity contribution >= 4 is 11.9 Å². The maximum Gasteiger partial charge on any atom is 0.338 e. The summed E-state index contributed by atoms with van der Waals surface area (Å²) in [4.78, 5) is 24.2. The van der Waals surface area contributed by atoms with Crippen molar-refractivity contribution in [1.82, 2.24) is 0 Å². The lowest BCUT2D eigenvalue weighted by Gasteiger charge is -2.19. The summed E-state index contributed by atoms with van der Waals surface area (Å²) < 4.78 is 31.4. The Morgan fingerprint density at radius 1 is 0.571 bits per heavy atom. The Bertz CT molecular complexity index is 815. The highest BCUT2D eigenvalue weighted by atomic mass is 16.5. The van der Waals surface area contributed by atoms with E-state index in [1.807, 2.05) is 0 Å². The molecule has 0 saturated carbocycles. The van der Waals surface area contributed by atoms with E-state index in [0.717, 1.165) is 0 Å². The van der Waals surface area contributed by atoms with E-state index in [9.17, 15) is 9.59 Å². The quantitative estimate of drug-likeness (QED) is 0.667. The summed E-state index contributed by atoms with van der Waals surface area (Å²) in [5.74, 6) is 0.194. The molecule has 0 atom stereocenters. The average molecular weight is 390 g/mol. The highest BCUT2D eigenvalue weighted by Crippen LogP contribution is 2.46. The number of rotatable bonds is 7. The molecule has 0 saturated heterocycles. The van der Waals surface area contributed by atoms with Gasteiger partial charge in [0.2, 0.25) is 0 Å². The summed E-state index contributed by atoms with van der Waals surface area (Å²) in [6, 6.07) is 6.13. The van der Waals surface area contributed by atoms with E-state index in [0.29, 0.717) is 34.1 Å². The van der Waals surface area contributed by atoms with E-state index in [1.54, 1.807) is 12.1 Å². The zero-order chi connectivity index (χ0) is 20.8. The molecular weight excluding hydrogens is 368 g/mol. The molecule has 0 unspecified atom stereocenters. The molecule has 0 aliphatic carbocycles. The number of esters is 2. The lowest BCUT2D eigenvalue weighted by atomic mass is 9.97. The summed E-state index contributed by atoms with van der Waals surface area (Å²) in [5, 5.41) is 0. The molecule has 0 aliphatic rings. The monoisotopic (exact) mass is 390 g/mol. The van der Waals surface area contributed by atoms with Crippen LogP contribution >= 0.6 is 0 Å². The molecule has 0 fully saturated rings. The Morgan fingerprint density at radius 3 is 1.18 bits per heavy atom. The molecule has 0 spiro atoms. The second-order valence-corrected chi connectivity index (χ2v) is 5.50. The fraction of sp³-hybridized carbons (Fsp3) is 0.300. The lowest BCUT2D eigenvalue weighted by Crippen LogP contribution is -2.06. The van der Waals surface area contributed by atoms with Crippen molar-refractivity contribution in [2.75, 3.05) is 42.7 Å². The molecule has 0 bridgehead atoms. The minimum Gasteiger partial charge on any atom is -0.493 e. The van der Waals surface area contributed by atoms with Crippen LogP contribution in [0.25, 0.3) is 11.1 Å². The molecule has 0 N–H and O–H groups in total. The summed E-state index contributed by atoms with van der Waals surface area (Å²) >= 11 is 0. The second-order valence-electron chi connectivity index (χ2n) is 5.50. The predicted molar refractivity (Wildman–Crippen MR) is 101 cm³/mol. The van der Waals surface area contributed by atoms with E-state index >= 15 is 0 Å². The summed E-state index contributed by atoms with van der Waals surface area (Å²) in [5.41, 5.74) is 1.37. The van der Waals surface area contributed by atoms with Gasteiger partial charge in [0, 0.05) is 11.1 Å². The normalized spacial score (nSPS) is 10.1. The molecule has 2 aromatic rings. The SMILES string of the molecule is COC(=O)c1cc(OC)c(OC)c(-c2cc(C(=O)OC)cc(OC)c2OC)c1. The number of carbonyl (C=O) groups is 2. The standard InChI is InChI=1S/C20H22O8/c1-23-15-9-11(19(21)27-5)7-13(17(15)25-3)14-8-12(20(22)28-6)10-16(24-2)18(14)26-4/h7-10H,1-6H3. The third kappa shape index (κ3) is 3.80. The van der Waals surface area contributed by atoms with E-state index in [4.69, 9.17) is 28.4 Å². The molecule has 150 valence electrons. The fourth-order valence-corrected chi connectivity index (χ4v) is 2.80. The first-order chi connectivity index (χ1) is 13.4. The number of carbonyl (C=O) groups excluding carboxylic acids is 2. The number of hydrogen-bond acceptors (Lipinski definition) is 8. The van der Waals surface area contributed by atoms with Crippen LogP contribution < -0.4 is 18.9 Å². The van der Waals surface area contributed by atoms with Gasteiger partial charge < -0.3 is 28.4 Å². The predicted octanol–water partition coefficient (Wildman–Crippen LogP) is 2.96. The van der Waals surface area contributed by atoms with Gasteiger partial charge in [-0.05, 0) is 24.3 Å². The zero-order valence-corrected chi connectivity index (χ0v) is 16.6. The Morgan fingerprint density at radius 2 is 0.929 bits per heavy atom. The van der Waals surface area contributed by atoms with Gasteiger partial charge in [0.1, 0.15) is 0 Å². The molecule has 0 heterocycles. The highest BCUT2D eigenvalue weighted by Gasteiger charge is 2.24. The van der Waals surface area contributed by atoms with Gasteiger partial charge >= 0.3 is 11.9 Å². The maximum absolute atomic E-state index is 12.1. The van der Waals surface area contributed by atoms with Crippen LogP contribution in [0.3, 0.4) is 0 Å². The van der Waals surface area contributed by atoms with Crippen LogP contribution in [0.5, 0.6) is 23.0 Å². The smallest absolute Gasteiger partial charge is 0.338 e. The number of benzene rings is 2. The van der Waals surface area contributed by atoms with E-state index in [1.165, 1.54) is 54.8 Å². The molecule has 8 nitrogen and oxygen atoms in total. The van der Waals surface area contributed by atoms with Crippen molar-refractivity contribution in [3.63, 3.8) is 0 Å². The molecule has 0 radical (unpaired) electrons. The number of methoxy groups -OCH3 is 6. The second kappa shape index (κ2) is 8.98. The van der Waals surface area contributed by atoms with Crippen molar-refractivity contribution < 1.29 is 38.0 Å². The van der Waals surface area contributed by atoms with Gasteiger partial charge in [-0.2, -0.15) is 0 Å². The van der Waals surface area contributed by atoms with Gasteiger partial charge in [0.25, 0.3) is 0 Å². The van der Waals surface area contributed by atoms with Gasteiger partial charge in [0.05, 0.1) is 53.8 Å². The summed E-state index contributed by atoms with van der Waals surface area (Å²) in [7, 11) is 8.39. The van der Waals surface area contributed by atoms with Crippen LogP contribution in [0.2, 0.25) is 0 Å². The Kier molecular flexibility index (Phi) is 6.70. The van der Waals surface area contributed by atoms with Crippen LogP contribution in [-0.4, -0.2) is 54.6 Å². The van der Waals surface area contributed by atoms with Crippen LogP contribution in [0.4, 0.5) is 0 Å². The van der Waals surface area contributed by atoms with Crippen molar-refractivity contribution in [2.45, 2.75) is 0 Å². The van der Waals surface area contributed by atoms with E-state index < -0.39 is 11.9 Å². The van der Waals surface area contributed by atoms with Gasteiger partial charge in [0.15, 0.2) is 23.0 Å². The molecule has 8 heteroatoms. The summed E-state index contributed by atoms with van der Waals surface area (Å²) in [6.45, 7) is 0. The third-order valence-electron chi connectivity index (χ3n) is 4.09. The third-order valence-corrected chi connectivity index (χ3v) is 4.09. The van der Waals surface area contributed by atoms with E-state index in [-0.39, 0.29) is 11.1 Å². The lowest BCUT2D eigenvalue weighted by molar-refractivity contribution is 0.0591. The molecule has 0 aliphatic heterocycles. The van der Waals surface area contributed by atoms with Crippen molar-refractivity contribution in [1.29, 1.82) is 0 Å². The molecular formula is C20H22O8. The zero-order valence-electron chi connectivity index (χ0n) is 16.6. The molecule has 2 rings (SSSR count). The van der Waals surface area contributed by atoms with Crippen molar-refractivity contribution in [3.8, 4) is 34.1 Å². The first-order valence-corrected chi connectivity index (χ1v) is 8.14. The first kappa shape index (κ1) is 20.9. The van der Waals surface area contributed by atoms with Gasteiger partial charge in [-0.1, -0.05) is 0 Å². The molecule has 28 heavy (non-hydrogen) atoms. The van der Waals surface area contributed by atoms with Crippen LogP contribution in [0.1, 0.15) is 20.7 Å². The largest absolute Gasteiger partial charge is 0.493 e. The van der Waals surface area contributed by atoms with Gasteiger partial charge in [-0.25, -0.2) is 9.59 Å². The van der Waals surface area contributed by atoms with Crippen LogP contribution in [-0.2, 0) is 9.47 Å². The highest BCUT2D eigenvalue weighted by molar-refractivity contribution is 5.97. The molecule has 2 aromatic carbocycles. The van der Waals surface area contributed by atoms with Gasteiger partial charge in [-0.3, -0.25) is 0 Å². The minimum absolute atomic E-state index is 0.236. The Labute approximate surface area is 162 Å². The number of ether oxygens (including phenoxy) is 6. The minimum atomic E-state index is -0.558. The maximum atomic E-state index is 12.1. The molecule has 0 aromatic heterocycles.